The predicted molar refractivity (Wildman–Crippen MR) is 69.5 cm³/mol. The van der Waals surface area contributed by atoms with Crippen molar-refractivity contribution in [1.82, 2.24) is 5.32 Å². The summed E-state index contributed by atoms with van der Waals surface area (Å²) in [5.74, 6) is 0.695. The maximum absolute atomic E-state index is 12.0. The average molecular weight is 239 g/mol. The van der Waals surface area contributed by atoms with Crippen LogP contribution in [0.15, 0.2) is 11.6 Å². The summed E-state index contributed by atoms with van der Waals surface area (Å²) in [6, 6.07) is 0. The molecule has 17 heavy (non-hydrogen) atoms. The first-order chi connectivity index (χ1) is 7.80. The second-order valence-corrected chi connectivity index (χ2v) is 6.10. The van der Waals surface area contributed by atoms with Crippen molar-refractivity contribution in [2.75, 3.05) is 13.2 Å². The molecule has 98 valence electrons. The summed E-state index contributed by atoms with van der Waals surface area (Å²) in [7, 11) is 0. The Balaban J connectivity index is 2.52. The van der Waals surface area contributed by atoms with E-state index >= 15 is 0 Å². The molecular formula is C14H25NO2. The number of allylic oxidation sites excluding steroid dienone is 2. The zero-order valence-electron chi connectivity index (χ0n) is 11.6. The van der Waals surface area contributed by atoms with Crippen LogP contribution in [-0.2, 0) is 4.79 Å². The molecule has 2 N–H and O–H groups in total. The average Bonchev–Trinajstić information content (AvgIpc) is 2.75. The lowest BCUT2D eigenvalue weighted by Crippen LogP contribution is -2.31. The molecule has 0 heterocycles. The number of carbonyl (C=O) groups is 1. The van der Waals surface area contributed by atoms with E-state index in [9.17, 15) is 4.79 Å². The van der Waals surface area contributed by atoms with Gasteiger partial charge in [-0.15, -0.1) is 0 Å². The van der Waals surface area contributed by atoms with Gasteiger partial charge in [0.25, 0.3) is 0 Å². The molecule has 3 atom stereocenters. The first kappa shape index (κ1) is 14.2. The van der Waals surface area contributed by atoms with Crippen LogP contribution in [0, 0.1) is 23.2 Å². The molecule has 1 amide bonds. The highest BCUT2D eigenvalue weighted by atomic mass is 16.3. The highest BCUT2D eigenvalue weighted by Crippen LogP contribution is 2.59. The third-order valence-corrected chi connectivity index (χ3v) is 3.64. The largest absolute Gasteiger partial charge is 0.396 e. The lowest BCUT2D eigenvalue weighted by molar-refractivity contribution is -0.123. The Labute approximate surface area is 104 Å². The first-order valence-electron chi connectivity index (χ1n) is 6.34. The fourth-order valence-corrected chi connectivity index (χ4v) is 2.30. The lowest BCUT2D eigenvalue weighted by Gasteiger charge is -2.10. The topological polar surface area (TPSA) is 49.3 Å². The molecule has 0 aromatic heterocycles. The van der Waals surface area contributed by atoms with Crippen LogP contribution in [-0.4, -0.2) is 24.2 Å². The van der Waals surface area contributed by atoms with Crippen LogP contribution < -0.4 is 5.32 Å². The minimum Gasteiger partial charge on any atom is -0.396 e. The molecule has 0 radical (unpaired) electrons. The van der Waals surface area contributed by atoms with Crippen LogP contribution in [0.3, 0.4) is 0 Å². The summed E-state index contributed by atoms with van der Waals surface area (Å²) < 4.78 is 0. The molecule has 1 aliphatic rings. The Kier molecular flexibility index (Phi) is 4.36. The summed E-state index contributed by atoms with van der Waals surface area (Å²) >= 11 is 0. The maximum Gasteiger partial charge on any atom is 0.224 e. The van der Waals surface area contributed by atoms with Crippen molar-refractivity contribution >= 4 is 5.91 Å². The number of nitrogens with one attached hydrogen (secondary N) is 1. The third kappa shape index (κ3) is 3.32. The van der Waals surface area contributed by atoms with Gasteiger partial charge in [-0.1, -0.05) is 32.4 Å². The number of carbonyl (C=O) groups excluding carboxylic acids is 1. The number of hydrogen-bond donors (Lipinski definition) is 2. The van der Waals surface area contributed by atoms with Gasteiger partial charge < -0.3 is 10.4 Å². The van der Waals surface area contributed by atoms with Gasteiger partial charge in [0.1, 0.15) is 0 Å². The number of rotatable bonds is 5. The Morgan fingerprint density at radius 3 is 2.53 bits per heavy atom. The number of aliphatic hydroxyl groups is 1. The molecule has 3 nitrogen and oxygen atoms in total. The summed E-state index contributed by atoms with van der Waals surface area (Å²) in [5, 5.41) is 11.8. The van der Waals surface area contributed by atoms with Crippen LogP contribution in [0.4, 0.5) is 0 Å². The molecule has 1 fully saturated rings. The maximum atomic E-state index is 12.0. The highest BCUT2D eigenvalue weighted by Gasteiger charge is 2.60. The van der Waals surface area contributed by atoms with Crippen molar-refractivity contribution in [3.05, 3.63) is 11.6 Å². The molecule has 0 aliphatic heterocycles. The van der Waals surface area contributed by atoms with Crippen molar-refractivity contribution in [3.8, 4) is 0 Å². The molecule has 0 aromatic carbocycles. The second kappa shape index (κ2) is 5.21. The molecule has 0 saturated heterocycles. The van der Waals surface area contributed by atoms with Crippen LogP contribution in [0.5, 0.6) is 0 Å². The minimum atomic E-state index is 0.0732. The number of amides is 1. The van der Waals surface area contributed by atoms with Gasteiger partial charge in [-0.3, -0.25) is 4.79 Å². The van der Waals surface area contributed by atoms with E-state index < -0.39 is 0 Å². The highest BCUT2D eigenvalue weighted by molar-refractivity contribution is 5.83. The Hall–Kier alpha value is -0.830. The molecular weight excluding hydrogens is 214 g/mol. The van der Waals surface area contributed by atoms with E-state index in [1.807, 2.05) is 6.92 Å². The van der Waals surface area contributed by atoms with E-state index in [2.05, 4.69) is 39.1 Å². The van der Waals surface area contributed by atoms with Gasteiger partial charge in [0.05, 0.1) is 5.92 Å². The quantitative estimate of drug-likeness (QED) is 0.721. The van der Waals surface area contributed by atoms with Crippen LogP contribution in [0.25, 0.3) is 0 Å². The molecule has 1 aliphatic carbocycles. The van der Waals surface area contributed by atoms with E-state index in [-0.39, 0.29) is 29.8 Å². The Morgan fingerprint density at radius 2 is 2.06 bits per heavy atom. The Morgan fingerprint density at radius 1 is 1.47 bits per heavy atom. The van der Waals surface area contributed by atoms with Crippen molar-refractivity contribution < 1.29 is 9.90 Å². The van der Waals surface area contributed by atoms with Gasteiger partial charge in [0, 0.05) is 13.2 Å². The molecule has 0 bridgehead atoms. The molecule has 3 heteroatoms. The smallest absolute Gasteiger partial charge is 0.224 e. The van der Waals surface area contributed by atoms with Crippen molar-refractivity contribution in [1.29, 1.82) is 0 Å². The number of aliphatic hydroxyl groups excluding tert-OH is 1. The van der Waals surface area contributed by atoms with E-state index in [1.165, 1.54) is 5.57 Å². The zero-order valence-corrected chi connectivity index (χ0v) is 11.6. The molecule has 0 spiro atoms. The SMILES string of the molecule is CC(C)=CC1C(C(=O)NCC(C)CO)C1(C)C. The van der Waals surface area contributed by atoms with Gasteiger partial charge in [0.2, 0.25) is 5.91 Å². The standard InChI is InChI=1S/C14H25NO2/c1-9(2)6-11-12(14(11,4)5)13(17)15-7-10(3)8-16/h6,10-12,16H,7-8H2,1-5H3,(H,15,17). The first-order valence-corrected chi connectivity index (χ1v) is 6.34. The third-order valence-electron chi connectivity index (χ3n) is 3.64. The molecule has 1 saturated carbocycles. The van der Waals surface area contributed by atoms with Gasteiger partial charge in [-0.25, -0.2) is 0 Å². The van der Waals surface area contributed by atoms with E-state index in [4.69, 9.17) is 5.11 Å². The van der Waals surface area contributed by atoms with Crippen molar-refractivity contribution in [3.63, 3.8) is 0 Å². The lowest BCUT2D eigenvalue weighted by atomic mass is 10.1. The van der Waals surface area contributed by atoms with Crippen LogP contribution in [0.2, 0.25) is 0 Å². The fourth-order valence-electron chi connectivity index (χ4n) is 2.30. The summed E-state index contributed by atoms with van der Waals surface area (Å²) in [5.41, 5.74) is 1.34. The van der Waals surface area contributed by atoms with Gasteiger partial charge in [-0.2, -0.15) is 0 Å². The van der Waals surface area contributed by atoms with E-state index in [0.29, 0.717) is 12.5 Å². The number of hydrogen-bond acceptors (Lipinski definition) is 2. The molecule has 0 aromatic rings. The van der Waals surface area contributed by atoms with Crippen molar-refractivity contribution in [2.45, 2.75) is 34.6 Å². The van der Waals surface area contributed by atoms with Gasteiger partial charge >= 0.3 is 0 Å². The monoisotopic (exact) mass is 239 g/mol. The second-order valence-electron chi connectivity index (χ2n) is 6.10. The fraction of sp³-hybridized carbons (Fsp3) is 0.786. The Bertz CT molecular complexity index is 316. The minimum absolute atomic E-state index is 0.0732. The normalized spacial score (nSPS) is 27.2. The van der Waals surface area contributed by atoms with Gasteiger partial charge in [-0.05, 0) is 31.1 Å². The zero-order chi connectivity index (χ0) is 13.2. The van der Waals surface area contributed by atoms with Gasteiger partial charge in [0.15, 0.2) is 0 Å². The van der Waals surface area contributed by atoms with E-state index in [0.717, 1.165) is 0 Å². The molecule has 3 unspecified atom stereocenters. The predicted octanol–water partition coefficient (Wildman–Crippen LogP) is 1.97. The molecule has 1 rings (SSSR count). The summed E-state index contributed by atoms with van der Waals surface area (Å²) in [4.78, 5) is 12.0. The van der Waals surface area contributed by atoms with Crippen LogP contribution >= 0.6 is 0 Å². The summed E-state index contributed by atoms with van der Waals surface area (Å²) in [6.07, 6.45) is 2.19. The van der Waals surface area contributed by atoms with E-state index in [1.54, 1.807) is 0 Å². The van der Waals surface area contributed by atoms with Crippen molar-refractivity contribution in [2.24, 2.45) is 23.2 Å². The van der Waals surface area contributed by atoms with Crippen LogP contribution in [0.1, 0.15) is 34.6 Å². The summed E-state index contributed by atoms with van der Waals surface area (Å²) in [6.45, 7) is 11.0.